The number of carbonyl (C=O) groups excluding carboxylic acids is 1. The standard InChI is InChI=1S/C15H20N2O2/c1-4-11-5-6-13-12(7-11)8-14(17-13)15(18)16-10(2)9-19-3/h5-8,10,17H,4,9H2,1-3H3,(H,16,18). The van der Waals surface area contributed by atoms with Gasteiger partial charge in [0.05, 0.1) is 6.61 Å². The second-order valence-electron chi connectivity index (χ2n) is 4.79. The Bertz CT molecular complexity index is 575. The molecule has 1 amide bonds. The summed E-state index contributed by atoms with van der Waals surface area (Å²) in [7, 11) is 1.62. The van der Waals surface area contributed by atoms with Crippen LogP contribution in [-0.2, 0) is 11.2 Å². The number of benzene rings is 1. The Hall–Kier alpha value is -1.81. The molecule has 4 nitrogen and oxygen atoms in total. The Labute approximate surface area is 113 Å². The first-order valence-electron chi connectivity index (χ1n) is 6.55. The largest absolute Gasteiger partial charge is 0.383 e. The molecule has 4 heteroatoms. The summed E-state index contributed by atoms with van der Waals surface area (Å²) in [5.41, 5.74) is 2.85. The summed E-state index contributed by atoms with van der Waals surface area (Å²) in [5, 5.41) is 3.96. The van der Waals surface area contributed by atoms with Crippen LogP contribution in [0.4, 0.5) is 0 Å². The quantitative estimate of drug-likeness (QED) is 0.867. The third kappa shape index (κ3) is 3.15. The fraction of sp³-hybridized carbons (Fsp3) is 0.400. The van der Waals surface area contributed by atoms with Crippen molar-refractivity contribution >= 4 is 16.8 Å². The van der Waals surface area contributed by atoms with Gasteiger partial charge < -0.3 is 15.0 Å². The van der Waals surface area contributed by atoms with Gasteiger partial charge in [-0.05, 0) is 37.1 Å². The number of aryl methyl sites for hydroxylation is 1. The number of aromatic amines is 1. The van der Waals surface area contributed by atoms with Crippen molar-refractivity contribution in [2.45, 2.75) is 26.3 Å². The second kappa shape index (κ2) is 5.89. The number of hydrogen-bond donors (Lipinski definition) is 2. The van der Waals surface area contributed by atoms with E-state index in [2.05, 4.69) is 29.4 Å². The van der Waals surface area contributed by atoms with Gasteiger partial charge in [0.25, 0.3) is 5.91 Å². The lowest BCUT2D eigenvalue weighted by atomic mass is 10.1. The highest BCUT2D eigenvalue weighted by molar-refractivity contribution is 5.98. The van der Waals surface area contributed by atoms with E-state index in [1.165, 1.54) is 5.56 Å². The van der Waals surface area contributed by atoms with E-state index in [0.29, 0.717) is 12.3 Å². The predicted molar refractivity (Wildman–Crippen MR) is 76.5 cm³/mol. The summed E-state index contributed by atoms with van der Waals surface area (Å²) in [6.45, 7) is 4.54. The molecule has 0 bridgehead atoms. The lowest BCUT2D eigenvalue weighted by Crippen LogP contribution is -2.35. The molecule has 1 aromatic heterocycles. The van der Waals surface area contributed by atoms with Crippen LogP contribution in [0.25, 0.3) is 10.9 Å². The summed E-state index contributed by atoms with van der Waals surface area (Å²) in [6, 6.07) is 8.09. The van der Waals surface area contributed by atoms with Gasteiger partial charge in [-0.3, -0.25) is 4.79 Å². The Morgan fingerprint density at radius 3 is 2.89 bits per heavy atom. The first kappa shape index (κ1) is 13.6. The number of ether oxygens (including phenoxy) is 1. The van der Waals surface area contributed by atoms with Crippen LogP contribution in [0.5, 0.6) is 0 Å². The molecule has 0 radical (unpaired) electrons. The molecule has 102 valence electrons. The zero-order valence-electron chi connectivity index (χ0n) is 11.6. The summed E-state index contributed by atoms with van der Waals surface area (Å²) >= 11 is 0. The summed E-state index contributed by atoms with van der Waals surface area (Å²) in [4.78, 5) is 15.2. The van der Waals surface area contributed by atoms with Crippen LogP contribution in [0.15, 0.2) is 24.3 Å². The molecule has 0 spiro atoms. The number of amides is 1. The molecular formula is C15H20N2O2. The molecule has 0 aliphatic carbocycles. The van der Waals surface area contributed by atoms with Gasteiger partial charge in [-0.1, -0.05) is 13.0 Å². The van der Waals surface area contributed by atoms with E-state index < -0.39 is 0 Å². The Morgan fingerprint density at radius 2 is 2.21 bits per heavy atom. The van der Waals surface area contributed by atoms with Gasteiger partial charge in [0.1, 0.15) is 5.69 Å². The highest BCUT2D eigenvalue weighted by Gasteiger charge is 2.12. The van der Waals surface area contributed by atoms with Crippen molar-refractivity contribution in [2.75, 3.05) is 13.7 Å². The molecule has 2 aromatic rings. The average Bonchev–Trinajstić information content (AvgIpc) is 2.81. The molecule has 0 aliphatic heterocycles. The highest BCUT2D eigenvalue weighted by Crippen LogP contribution is 2.17. The van der Waals surface area contributed by atoms with Gasteiger partial charge in [-0.15, -0.1) is 0 Å². The summed E-state index contributed by atoms with van der Waals surface area (Å²) in [5.74, 6) is -0.0983. The molecule has 1 unspecified atom stereocenters. The normalized spacial score (nSPS) is 12.6. The van der Waals surface area contributed by atoms with Crippen molar-refractivity contribution < 1.29 is 9.53 Å². The summed E-state index contributed by atoms with van der Waals surface area (Å²) in [6.07, 6.45) is 0.994. The van der Waals surface area contributed by atoms with E-state index in [1.807, 2.05) is 19.1 Å². The van der Waals surface area contributed by atoms with Crippen molar-refractivity contribution in [3.63, 3.8) is 0 Å². The van der Waals surface area contributed by atoms with Crippen LogP contribution in [0, 0.1) is 0 Å². The van der Waals surface area contributed by atoms with Crippen molar-refractivity contribution in [3.8, 4) is 0 Å². The molecule has 2 rings (SSSR count). The number of methoxy groups -OCH3 is 1. The van der Waals surface area contributed by atoms with Gasteiger partial charge in [0, 0.05) is 24.1 Å². The highest BCUT2D eigenvalue weighted by atomic mass is 16.5. The van der Waals surface area contributed by atoms with E-state index in [9.17, 15) is 4.79 Å². The number of hydrogen-bond acceptors (Lipinski definition) is 2. The molecule has 1 atom stereocenters. The Kier molecular flexibility index (Phi) is 4.22. The van der Waals surface area contributed by atoms with Crippen molar-refractivity contribution in [3.05, 3.63) is 35.5 Å². The lowest BCUT2D eigenvalue weighted by Gasteiger charge is -2.11. The minimum atomic E-state index is -0.0983. The zero-order valence-corrected chi connectivity index (χ0v) is 11.6. The number of fused-ring (bicyclic) bond motifs is 1. The van der Waals surface area contributed by atoms with E-state index in [-0.39, 0.29) is 11.9 Å². The minimum absolute atomic E-state index is 0.00452. The smallest absolute Gasteiger partial charge is 0.268 e. The number of rotatable bonds is 5. The fourth-order valence-corrected chi connectivity index (χ4v) is 2.12. The monoisotopic (exact) mass is 260 g/mol. The Morgan fingerprint density at radius 1 is 1.42 bits per heavy atom. The molecular weight excluding hydrogens is 240 g/mol. The second-order valence-corrected chi connectivity index (χ2v) is 4.79. The molecule has 1 heterocycles. The molecule has 19 heavy (non-hydrogen) atoms. The first-order valence-corrected chi connectivity index (χ1v) is 6.55. The number of carbonyl (C=O) groups is 1. The van der Waals surface area contributed by atoms with E-state index in [0.717, 1.165) is 17.3 Å². The summed E-state index contributed by atoms with van der Waals surface area (Å²) < 4.78 is 5.00. The van der Waals surface area contributed by atoms with Crippen LogP contribution in [-0.4, -0.2) is 30.6 Å². The zero-order chi connectivity index (χ0) is 13.8. The van der Waals surface area contributed by atoms with Crippen molar-refractivity contribution in [1.82, 2.24) is 10.3 Å². The maximum absolute atomic E-state index is 12.1. The van der Waals surface area contributed by atoms with Crippen LogP contribution in [0.1, 0.15) is 29.9 Å². The molecule has 0 fully saturated rings. The van der Waals surface area contributed by atoms with Gasteiger partial charge >= 0.3 is 0 Å². The molecule has 0 saturated carbocycles. The first-order chi connectivity index (χ1) is 9.13. The molecule has 0 aliphatic rings. The maximum atomic E-state index is 12.1. The minimum Gasteiger partial charge on any atom is -0.383 e. The van der Waals surface area contributed by atoms with E-state index in [4.69, 9.17) is 4.74 Å². The van der Waals surface area contributed by atoms with Gasteiger partial charge in [0.2, 0.25) is 0 Å². The third-order valence-corrected chi connectivity index (χ3v) is 3.13. The molecule has 0 saturated heterocycles. The number of H-pyrrole nitrogens is 1. The molecule has 1 aromatic carbocycles. The lowest BCUT2D eigenvalue weighted by molar-refractivity contribution is 0.0901. The SMILES string of the molecule is CCc1ccc2[nH]c(C(=O)NC(C)COC)cc2c1. The van der Waals surface area contributed by atoms with Crippen LogP contribution >= 0.6 is 0 Å². The third-order valence-electron chi connectivity index (χ3n) is 3.13. The fourth-order valence-electron chi connectivity index (χ4n) is 2.12. The van der Waals surface area contributed by atoms with Crippen LogP contribution in [0.2, 0.25) is 0 Å². The van der Waals surface area contributed by atoms with Gasteiger partial charge in [-0.2, -0.15) is 0 Å². The van der Waals surface area contributed by atoms with Crippen molar-refractivity contribution in [2.24, 2.45) is 0 Å². The topological polar surface area (TPSA) is 54.1 Å². The molecule has 2 N–H and O–H groups in total. The average molecular weight is 260 g/mol. The predicted octanol–water partition coefficient (Wildman–Crippen LogP) is 2.50. The van der Waals surface area contributed by atoms with E-state index >= 15 is 0 Å². The van der Waals surface area contributed by atoms with E-state index in [1.54, 1.807) is 7.11 Å². The van der Waals surface area contributed by atoms with Crippen LogP contribution < -0.4 is 5.32 Å². The van der Waals surface area contributed by atoms with Crippen molar-refractivity contribution in [1.29, 1.82) is 0 Å². The Balaban J connectivity index is 2.18. The maximum Gasteiger partial charge on any atom is 0.268 e. The van der Waals surface area contributed by atoms with Gasteiger partial charge in [-0.25, -0.2) is 0 Å². The number of nitrogens with one attached hydrogen (secondary N) is 2. The number of aromatic nitrogens is 1. The van der Waals surface area contributed by atoms with Gasteiger partial charge in [0.15, 0.2) is 0 Å². The van der Waals surface area contributed by atoms with Crippen LogP contribution in [0.3, 0.4) is 0 Å².